The van der Waals surface area contributed by atoms with Crippen molar-refractivity contribution in [2.45, 2.75) is 19.3 Å². The fraction of sp³-hybridized carbons (Fsp3) is 0.462. The molecule has 6 heteroatoms. The van der Waals surface area contributed by atoms with Crippen LogP contribution < -0.4 is 5.56 Å². The Bertz CT molecular complexity index is 689. The van der Waals surface area contributed by atoms with Crippen molar-refractivity contribution in [3.8, 4) is 6.07 Å². The van der Waals surface area contributed by atoms with Crippen LogP contribution in [0.25, 0.3) is 5.65 Å². The van der Waals surface area contributed by atoms with Gasteiger partial charge in [-0.15, -0.1) is 0 Å². The molecule has 3 rings (SSSR count). The Kier molecular flexibility index (Phi) is 3.05. The van der Waals surface area contributed by atoms with Crippen LogP contribution in [-0.4, -0.2) is 27.8 Å². The van der Waals surface area contributed by atoms with Gasteiger partial charge in [-0.05, 0) is 25.2 Å². The van der Waals surface area contributed by atoms with E-state index in [-0.39, 0.29) is 5.56 Å². The van der Waals surface area contributed by atoms with Gasteiger partial charge in [0.15, 0.2) is 5.65 Å². The molecule has 1 saturated heterocycles. The smallest absolute Gasteiger partial charge is 0.272 e. The van der Waals surface area contributed by atoms with Crippen molar-refractivity contribution in [1.82, 2.24) is 14.6 Å². The first-order valence-corrected chi connectivity index (χ1v) is 6.36. The average Bonchev–Trinajstić information content (AvgIpc) is 2.83. The molecule has 1 N–H and O–H groups in total. The maximum absolute atomic E-state index is 11.9. The van der Waals surface area contributed by atoms with Gasteiger partial charge >= 0.3 is 0 Å². The highest BCUT2D eigenvalue weighted by Crippen LogP contribution is 2.19. The van der Waals surface area contributed by atoms with E-state index >= 15 is 0 Å². The minimum atomic E-state index is -0.173. The standard InChI is InChI=1S/C13H14N4O2/c14-7-10-8-15-17-12(18)6-11(16-13(10)17)5-9-1-3-19-4-2-9/h6,8-9,15H,1-5H2. The third-order valence-electron chi connectivity index (χ3n) is 3.51. The van der Waals surface area contributed by atoms with Gasteiger partial charge in [0, 0.05) is 31.2 Å². The van der Waals surface area contributed by atoms with E-state index in [1.54, 1.807) is 6.07 Å². The highest BCUT2D eigenvalue weighted by atomic mass is 16.5. The van der Waals surface area contributed by atoms with Crippen molar-refractivity contribution in [3.63, 3.8) is 0 Å². The van der Waals surface area contributed by atoms with Crippen molar-refractivity contribution in [1.29, 1.82) is 5.26 Å². The molecule has 2 aromatic rings. The number of aromatic amines is 1. The normalized spacial score (nSPS) is 16.6. The fourth-order valence-electron chi connectivity index (χ4n) is 2.46. The van der Waals surface area contributed by atoms with Gasteiger partial charge in [-0.2, -0.15) is 5.26 Å². The van der Waals surface area contributed by atoms with Crippen molar-refractivity contribution >= 4 is 5.65 Å². The molecular weight excluding hydrogens is 244 g/mol. The molecule has 0 bridgehead atoms. The zero-order chi connectivity index (χ0) is 13.2. The number of rotatable bonds is 2. The highest BCUT2D eigenvalue weighted by molar-refractivity contribution is 5.53. The summed E-state index contributed by atoms with van der Waals surface area (Å²) in [4.78, 5) is 16.4. The lowest BCUT2D eigenvalue weighted by molar-refractivity contribution is 0.0663. The molecule has 0 saturated carbocycles. The predicted molar refractivity (Wildman–Crippen MR) is 67.8 cm³/mol. The number of aromatic nitrogens is 3. The van der Waals surface area contributed by atoms with Gasteiger partial charge in [-0.25, -0.2) is 9.50 Å². The molecule has 0 aromatic carbocycles. The summed E-state index contributed by atoms with van der Waals surface area (Å²) in [7, 11) is 0. The maximum atomic E-state index is 11.9. The summed E-state index contributed by atoms with van der Waals surface area (Å²) in [6.07, 6.45) is 4.27. The molecule has 1 fully saturated rings. The van der Waals surface area contributed by atoms with E-state index in [1.807, 2.05) is 6.07 Å². The molecule has 3 heterocycles. The zero-order valence-corrected chi connectivity index (χ0v) is 10.4. The van der Waals surface area contributed by atoms with Crippen LogP contribution in [0, 0.1) is 17.2 Å². The lowest BCUT2D eigenvalue weighted by Gasteiger charge is -2.21. The van der Waals surface area contributed by atoms with E-state index in [2.05, 4.69) is 10.1 Å². The first-order chi connectivity index (χ1) is 9.28. The third-order valence-corrected chi connectivity index (χ3v) is 3.51. The summed E-state index contributed by atoms with van der Waals surface area (Å²) in [6, 6.07) is 3.58. The largest absolute Gasteiger partial charge is 0.381 e. The summed E-state index contributed by atoms with van der Waals surface area (Å²) >= 11 is 0. The van der Waals surface area contributed by atoms with Crippen molar-refractivity contribution in [2.75, 3.05) is 13.2 Å². The van der Waals surface area contributed by atoms with E-state index in [9.17, 15) is 4.79 Å². The van der Waals surface area contributed by atoms with E-state index in [0.717, 1.165) is 38.2 Å². The Morgan fingerprint density at radius 2 is 2.32 bits per heavy atom. The van der Waals surface area contributed by atoms with Crippen LogP contribution in [-0.2, 0) is 11.2 Å². The monoisotopic (exact) mass is 258 g/mol. The second-order valence-corrected chi connectivity index (χ2v) is 4.80. The molecule has 1 aliphatic heterocycles. The number of fused-ring (bicyclic) bond motifs is 1. The number of nitrogens with zero attached hydrogens (tertiary/aromatic N) is 3. The van der Waals surface area contributed by atoms with E-state index in [1.165, 1.54) is 10.7 Å². The third kappa shape index (κ3) is 2.25. The van der Waals surface area contributed by atoms with Gasteiger partial charge in [-0.1, -0.05) is 0 Å². The summed E-state index contributed by atoms with van der Waals surface area (Å²) < 4.78 is 6.62. The summed E-state index contributed by atoms with van der Waals surface area (Å²) in [5.41, 5.74) is 1.39. The number of ether oxygens (including phenoxy) is 1. The van der Waals surface area contributed by atoms with Crippen LogP contribution >= 0.6 is 0 Å². The van der Waals surface area contributed by atoms with Gasteiger partial charge in [0.2, 0.25) is 0 Å². The van der Waals surface area contributed by atoms with E-state index in [0.29, 0.717) is 17.1 Å². The van der Waals surface area contributed by atoms with Crippen molar-refractivity contribution in [3.05, 3.63) is 33.9 Å². The molecule has 0 unspecified atom stereocenters. The van der Waals surface area contributed by atoms with E-state index < -0.39 is 0 Å². The topological polar surface area (TPSA) is 83.2 Å². The Morgan fingerprint density at radius 3 is 3.05 bits per heavy atom. The molecule has 1 aliphatic rings. The lowest BCUT2D eigenvalue weighted by atomic mass is 9.95. The lowest BCUT2D eigenvalue weighted by Crippen LogP contribution is -2.21. The van der Waals surface area contributed by atoms with Gasteiger partial charge in [0.1, 0.15) is 11.6 Å². The van der Waals surface area contributed by atoms with Gasteiger partial charge in [-0.3, -0.25) is 9.89 Å². The van der Waals surface area contributed by atoms with Crippen LogP contribution in [0.1, 0.15) is 24.1 Å². The number of hydrogen-bond acceptors (Lipinski definition) is 4. The molecule has 2 aromatic heterocycles. The fourth-order valence-corrected chi connectivity index (χ4v) is 2.46. The number of H-pyrrole nitrogens is 1. The SMILES string of the molecule is N#Cc1c[nH]n2c(=O)cc(CC3CCOCC3)nc12. The molecule has 19 heavy (non-hydrogen) atoms. The Labute approximate surface area is 109 Å². The molecule has 0 aliphatic carbocycles. The quantitative estimate of drug-likeness (QED) is 0.866. The molecule has 0 amide bonds. The van der Waals surface area contributed by atoms with Gasteiger partial charge in [0.05, 0.1) is 0 Å². The maximum Gasteiger partial charge on any atom is 0.272 e. The molecule has 0 spiro atoms. The molecule has 0 radical (unpaired) electrons. The van der Waals surface area contributed by atoms with Crippen molar-refractivity contribution < 1.29 is 4.74 Å². The van der Waals surface area contributed by atoms with Crippen LogP contribution in [0.2, 0.25) is 0 Å². The Balaban J connectivity index is 1.95. The highest BCUT2D eigenvalue weighted by Gasteiger charge is 2.16. The van der Waals surface area contributed by atoms with Gasteiger partial charge < -0.3 is 4.74 Å². The van der Waals surface area contributed by atoms with Crippen molar-refractivity contribution in [2.24, 2.45) is 5.92 Å². The Morgan fingerprint density at radius 1 is 1.53 bits per heavy atom. The first-order valence-electron chi connectivity index (χ1n) is 6.36. The molecular formula is C13H14N4O2. The Hall–Kier alpha value is -2.13. The number of hydrogen-bond donors (Lipinski definition) is 1. The zero-order valence-electron chi connectivity index (χ0n) is 10.4. The minimum Gasteiger partial charge on any atom is -0.381 e. The predicted octanol–water partition coefficient (Wildman–Crippen LogP) is 0.863. The van der Waals surface area contributed by atoms with Crippen LogP contribution in [0.4, 0.5) is 0 Å². The first kappa shape index (κ1) is 11.9. The van der Waals surface area contributed by atoms with Crippen LogP contribution in [0.3, 0.4) is 0 Å². The minimum absolute atomic E-state index is 0.173. The number of nitrogens with one attached hydrogen (secondary N) is 1. The molecule has 6 nitrogen and oxygen atoms in total. The average molecular weight is 258 g/mol. The van der Waals surface area contributed by atoms with Crippen LogP contribution in [0.5, 0.6) is 0 Å². The molecule has 0 atom stereocenters. The summed E-state index contributed by atoms with van der Waals surface area (Å²) in [5, 5.41) is 11.7. The summed E-state index contributed by atoms with van der Waals surface area (Å²) in [6.45, 7) is 1.55. The summed E-state index contributed by atoms with van der Waals surface area (Å²) in [5.74, 6) is 0.507. The van der Waals surface area contributed by atoms with Crippen LogP contribution in [0.15, 0.2) is 17.1 Å². The van der Waals surface area contributed by atoms with E-state index in [4.69, 9.17) is 10.00 Å². The van der Waals surface area contributed by atoms with Gasteiger partial charge in [0.25, 0.3) is 5.56 Å². The molecule has 98 valence electrons. The second kappa shape index (κ2) is 4.86. The second-order valence-electron chi connectivity index (χ2n) is 4.80. The number of nitriles is 1.